The largest absolute Gasteiger partial charge is 0.399 e. The van der Waals surface area contributed by atoms with Crippen LogP contribution in [0.15, 0.2) is 24.3 Å². The van der Waals surface area contributed by atoms with Crippen molar-refractivity contribution in [3.05, 3.63) is 29.8 Å². The van der Waals surface area contributed by atoms with Crippen molar-refractivity contribution in [2.45, 2.75) is 51.9 Å². The van der Waals surface area contributed by atoms with Gasteiger partial charge in [-0.1, -0.05) is 38.0 Å². The van der Waals surface area contributed by atoms with Crippen LogP contribution in [0.2, 0.25) is 0 Å². The maximum atomic E-state index is 12.4. The number of amides is 1. The Hall–Kier alpha value is -1.51. The highest BCUT2D eigenvalue weighted by molar-refractivity contribution is 5.76. The molecule has 3 nitrogen and oxygen atoms in total. The number of para-hydroxylation sites is 1. The van der Waals surface area contributed by atoms with Gasteiger partial charge in [-0.05, 0) is 43.2 Å². The number of likely N-dealkylation sites (tertiary alicyclic amines) is 1. The molecule has 2 N–H and O–H groups in total. The monoisotopic (exact) mass is 288 g/mol. The van der Waals surface area contributed by atoms with Crippen molar-refractivity contribution < 1.29 is 4.79 Å². The van der Waals surface area contributed by atoms with E-state index in [0.717, 1.165) is 43.1 Å². The molecule has 116 valence electrons. The van der Waals surface area contributed by atoms with E-state index in [-0.39, 0.29) is 5.91 Å². The number of carbonyl (C=O) groups is 1. The molecule has 0 bridgehead atoms. The van der Waals surface area contributed by atoms with Crippen LogP contribution >= 0.6 is 0 Å². The first kappa shape index (κ1) is 15.9. The maximum absolute atomic E-state index is 12.4. The van der Waals surface area contributed by atoms with Gasteiger partial charge < -0.3 is 10.6 Å². The number of aryl methyl sites for hydroxylation is 1. The van der Waals surface area contributed by atoms with E-state index in [9.17, 15) is 4.79 Å². The zero-order valence-corrected chi connectivity index (χ0v) is 13.2. The lowest BCUT2D eigenvalue weighted by Crippen LogP contribution is -2.32. The molecular formula is C18H28N2O. The molecule has 1 heterocycles. The minimum Gasteiger partial charge on any atom is -0.399 e. The number of benzene rings is 1. The fraction of sp³-hybridized carbons (Fsp3) is 0.611. The molecule has 0 radical (unpaired) electrons. The molecule has 1 saturated heterocycles. The van der Waals surface area contributed by atoms with Crippen LogP contribution < -0.4 is 5.73 Å². The molecule has 1 aromatic rings. The highest BCUT2D eigenvalue weighted by Crippen LogP contribution is 2.22. The molecule has 0 aromatic heterocycles. The van der Waals surface area contributed by atoms with E-state index in [1.165, 1.54) is 25.7 Å². The number of rotatable bonds is 5. The normalized spacial score (nSPS) is 19.3. The summed E-state index contributed by atoms with van der Waals surface area (Å²) in [5.74, 6) is 1.10. The van der Waals surface area contributed by atoms with E-state index in [4.69, 9.17) is 5.73 Å². The first-order chi connectivity index (χ1) is 10.2. The predicted octanol–water partition coefficient (Wildman–Crippen LogP) is 3.63. The Morgan fingerprint density at radius 2 is 2.10 bits per heavy atom. The summed E-state index contributed by atoms with van der Waals surface area (Å²) in [6.45, 7) is 4.12. The van der Waals surface area contributed by atoms with Gasteiger partial charge in [-0.2, -0.15) is 0 Å². The Morgan fingerprint density at radius 3 is 2.86 bits per heavy atom. The molecule has 1 atom stereocenters. The molecular weight excluding hydrogens is 260 g/mol. The lowest BCUT2D eigenvalue weighted by Gasteiger charge is -2.21. The summed E-state index contributed by atoms with van der Waals surface area (Å²) in [6.07, 6.45) is 7.50. The fourth-order valence-electron chi connectivity index (χ4n) is 3.27. The second kappa shape index (κ2) is 8.06. The van der Waals surface area contributed by atoms with Crippen LogP contribution in [0.4, 0.5) is 5.69 Å². The van der Waals surface area contributed by atoms with Crippen molar-refractivity contribution in [1.82, 2.24) is 4.90 Å². The van der Waals surface area contributed by atoms with Crippen molar-refractivity contribution in [3.8, 4) is 0 Å². The van der Waals surface area contributed by atoms with Crippen LogP contribution in [-0.2, 0) is 11.2 Å². The number of carbonyl (C=O) groups excluding carboxylic acids is 1. The molecule has 1 aliphatic heterocycles. The summed E-state index contributed by atoms with van der Waals surface area (Å²) >= 11 is 0. The van der Waals surface area contributed by atoms with Crippen molar-refractivity contribution in [2.75, 3.05) is 18.8 Å². The first-order valence-electron chi connectivity index (χ1n) is 8.32. The van der Waals surface area contributed by atoms with Crippen molar-refractivity contribution >= 4 is 11.6 Å². The summed E-state index contributed by atoms with van der Waals surface area (Å²) < 4.78 is 0. The van der Waals surface area contributed by atoms with Crippen LogP contribution in [0.1, 0.15) is 51.0 Å². The molecule has 2 rings (SSSR count). The molecule has 0 aliphatic carbocycles. The SMILES string of the molecule is CCCC1CCCN(C(=O)CCc2ccccc2N)CC1. The van der Waals surface area contributed by atoms with Gasteiger partial charge in [0.05, 0.1) is 0 Å². The van der Waals surface area contributed by atoms with Gasteiger partial charge in [0.15, 0.2) is 0 Å². The quantitative estimate of drug-likeness (QED) is 0.841. The summed E-state index contributed by atoms with van der Waals surface area (Å²) in [4.78, 5) is 14.4. The highest BCUT2D eigenvalue weighted by Gasteiger charge is 2.20. The van der Waals surface area contributed by atoms with Gasteiger partial charge in [0.2, 0.25) is 5.91 Å². The van der Waals surface area contributed by atoms with Gasteiger partial charge >= 0.3 is 0 Å². The number of nitrogens with zero attached hydrogens (tertiary/aromatic N) is 1. The van der Waals surface area contributed by atoms with Crippen molar-refractivity contribution in [3.63, 3.8) is 0 Å². The van der Waals surface area contributed by atoms with E-state index < -0.39 is 0 Å². The average Bonchev–Trinajstić information content (AvgIpc) is 2.72. The molecule has 0 spiro atoms. The molecule has 1 amide bonds. The van der Waals surface area contributed by atoms with Crippen LogP contribution in [-0.4, -0.2) is 23.9 Å². The summed E-state index contributed by atoms with van der Waals surface area (Å²) in [7, 11) is 0. The van der Waals surface area contributed by atoms with E-state index >= 15 is 0 Å². The summed E-state index contributed by atoms with van der Waals surface area (Å²) in [6, 6.07) is 7.84. The molecule has 1 aliphatic rings. The Kier molecular flexibility index (Phi) is 6.09. The second-order valence-electron chi connectivity index (χ2n) is 6.17. The number of anilines is 1. The van der Waals surface area contributed by atoms with Crippen LogP contribution in [0, 0.1) is 5.92 Å². The summed E-state index contributed by atoms with van der Waals surface area (Å²) in [5, 5.41) is 0. The third-order valence-electron chi connectivity index (χ3n) is 4.56. The Balaban J connectivity index is 1.82. The van der Waals surface area contributed by atoms with Gasteiger partial charge in [-0.25, -0.2) is 0 Å². The fourth-order valence-corrected chi connectivity index (χ4v) is 3.27. The molecule has 0 saturated carbocycles. The standard InChI is InChI=1S/C18H28N2O/c1-2-6-15-7-5-13-20(14-12-15)18(21)11-10-16-8-3-4-9-17(16)19/h3-4,8-9,15H,2,5-7,10-14,19H2,1H3. The molecule has 1 fully saturated rings. The van der Waals surface area contributed by atoms with E-state index in [1.54, 1.807) is 0 Å². The maximum Gasteiger partial charge on any atom is 0.222 e. The Labute approximate surface area is 128 Å². The average molecular weight is 288 g/mol. The third-order valence-corrected chi connectivity index (χ3v) is 4.56. The number of hydrogen-bond donors (Lipinski definition) is 1. The molecule has 1 unspecified atom stereocenters. The zero-order valence-electron chi connectivity index (χ0n) is 13.2. The number of nitrogen functional groups attached to an aromatic ring is 1. The third kappa shape index (κ3) is 4.76. The van der Waals surface area contributed by atoms with Gasteiger partial charge in [0.25, 0.3) is 0 Å². The van der Waals surface area contributed by atoms with E-state index in [1.807, 2.05) is 24.3 Å². The Morgan fingerprint density at radius 1 is 1.29 bits per heavy atom. The van der Waals surface area contributed by atoms with Gasteiger partial charge in [0.1, 0.15) is 0 Å². The lowest BCUT2D eigenvalue weighted by molar-refractivity contribution is -0.131. The van der Waals surface area contributed by atoms with Gasteiger partial charge in [-0.3, -0.25) is 4.79 Å². The zero-order chi connectivity index (χ0) is 15.1. The number of nitrogens with two attached hydrogens (primary N) is 1. The van der Waals surface area contributed by atoms with E-state index in [2.05, 4.69) is 11.8 Å². The van der Waals surface area contributed by atoms with E-state index in [0.29, 0.717) is 6.42 Å². The van der Waals surface area contributed by atoms with Crippen LogP contribution in [0.3, 0.4) is 0 Å². The van der Waals surface area contributed by atoms with Gasteiger partial charge in [0, 0.05) is 25.2 Å². The minimum absolute atomic E-state index is 0.287. The second-order valence-corrected chi connectivity index (χ2v) is 6.17. The van der Waals surface area contributed by atoms with Crippen LogP contribution in [0.5, 0.6) is 0 Å². The predicted molar refractivity (Wildman–Crippen MR) is 88.0 cm³/mol. The Bertz CT molecular complexity index is 458. The smallest absolute Gasteiger partial charge is 0.222 e. The van der Waals surface area contributed by atoms with Crippen molar-refractivity contribution in [1.29, 1.82) is 0 Å². The van der Waals surface area contributed by atoms with Crippen molar-refractivity contribution in [2.24, 2.45) is 5.92 Å². The van der Waals surface area contributed by atoms with Gasteiger partial charge in [-0.15, -0.1) is 0 Å². The molecule has 3 heteroatoms. The lowest BCUT2D eigenvalue weighted by atomic mass is 9.96. The highest BCUT2D eigenvalue weighted by atomic mass is 16.2. The molecule has 21 heavy (non-hydrogen) atoms. The van der Waals surface area contributed by atoms with Crippen LogP contribution in [0.25, 0.3) is 0 Å². The first-order valence-corrected chi connectivity index (χ1v) is 8.32. The minimum atomic E-state index is 0.287. The molecule has 1 aromatic carbocycles. The summed E-state index contributed by atoms with van der Waals surface area (Å²) in [5.41, 5.74) is 7.82. The number of hydrogen-bond acceptors (Lipinski definition) is 2. The topological polar surface area (TPSA) is 46.3 Å².